The fourth-order valence-corrected chi connectivity index (χ4v) is 2.87. The average molecular weight is 304 g/mol. The lowest BCUT2D eigenvalue weighted by atomic mass is 9.92. The molecule has 2 rings (SSSR count). The lowest BCUT2D eigenvalue weighted by molar-refractivity contribution is -0.137. The Morgan fingerprint density at radius 1 is 1.27 bits per heavy atom. The predicted molar refractivity (Wildman–Crippen MR) is 84.4 cm³/mol. The average Bonchev–Trinajstić information content (AvgIpc) is 2.53. The molecule has 2 atom stereocenters. The van der Waals surface area contributed by atoms with Gasteiger partial charge >= 0.3 is 0 Å². The third-order valence-corrected chi connectivity index (χ3v) is 4.39. The van der Waals surface area contributed by atoms with E-state index in [2.05, 4.69) is 0 Å². The number of ether oxygens (including phenoxy) is 1. The molecule has 2 unspecified atom stereocenters. The molecule has 2 amide bonds. The van der Waals surface area contributed by atoms with Gasteiger partial charge in [-0.15, -0.1) is 0 Å². The number of benzene rings is 1. The smallest absolute Gasteiger partial charge is 0.223 e. The van der Waals surface area contributed by atoms with Crippen molar-refractivity contribution in [2.75, 3.05) is 13.7 Å². The predicted octanol–water partition coefficient (Wildman–Crippen LogP) is 1.74. The fourth-order valence-electron chi connectivity index (χ4n) is 2.87. The normalized spacial score (nSPS) is 21.5. The summed E-state index contributed by atoms with van der Waals surface area (Å²) in [7, 11) is 1.63. The molecule has 0 radical (unpaired) electrons. The van der Waals surface area contributed by atoms with Gasteiger partial charge in [-0.1, -0.05) is 12.1 Å². The van der Waals surface area contributed by atoms with Crippen molar-refractivity contribution < 1.29 is 14.3 Å². The molecule has 1 aliphatic rings. The van der Waals surface area contributed by atoms with E-state index >= 15 is 0 Å². The Labute approximate surface area is 131 Å². The van der Waals surface area contributed by atoms with Crippen LogP contribution in [-0.4, -0.2) is 36.4 Å². The Morgan fingerprint density at radius 2 is 1.95 bits per heavy atom. The van der Waals surface area contributed by atoms with Crippen molar-refractivity contribution in [1.29, 1.82) is 0 Å². The van der Waals surface area contributed by atoms with Gasteiger partial charge in [-0.2, -0.15) is 0 Å². The van der Waals surface area contributed by atoms with Gasteiger partial charge in [0.2, 0.25) is 11.8 Å². The lowest BCUT2D eigenvalue weighted by Crippen LogP contribution is -2.48. The molecule has 0 aromatic heterocycles. The van der Waals surface area contributed by atoms with Gasteiger partial charge in [0.15, 0.2) is 0 Å². The van der Waals surface area contributed by atoms with Crippen LogP contribution in [0.2, 0.25) is 0 Å². The van der Waals surface area contributed by atoms with E-state index in [1.54, 1.807) is 7.11 Å². The third-order valence-electron chi connectivity index (χ3n) is 4.39. The maximum absolute atomic E-state index is 12.4. The largest absolute Gasteiger partial charge is 0.497 e. The number of hydrogen-bond acceptors (Lipinski definition) is 3. The van der Waals surface area contributed by atoms with Crippen LogP contribution in [0.5, 0.6) is 5.75 Å². The minimum Gasteiger partial charge on any atom is -0.497 e. The van der Waals surface area contributed by atoms with Crippen LogP contribution in [0, 0.1) is 5.92 Å². The van der Waals surface area contributed by atoms with E-state index in [1.807, 2.05) is 36.1 Å². The third kappa shape index (κ3) is 4.00. The maximum Gasteiger partial charge on any atom is 0.223 e. The molecule has 0 aliphatic carbocycles. The molecule has 0 bridgehead atoms. The number of aryl methyl sites for hydroxylation is 1. The van der Waals surface area contributed by atoms with E-state index in [0.29, 0.717) is 19.4 Å². The quantitative estimate of drug-likeness (QED) is 0.900. The Balaban J connectivity index is 1.91. The standard InChI is InChI=1S/C17H24N2O3/c1-12-3-7-14(17(18)21)11-19(12)16(20)10-6-13-4-8-15(22-2)9-5-13/h4-5,8-9,12,14H,3,6-7,10-11H2,1-2H3,(H2,18,21). The number of methoxy groups -OCH3 is 1. The molecule has 120 valence electrons. The van der Waals surface area contributed by atoms with Crippen molar-refractivity contribution in [3.05, 3.63) is 29.8 Å². The molecule has 1 saturated heterocycles. The molecule has 5 heteroatoms. The highest BCUT2D eigenvalue weighted by Crippen LogP contribution is 2.23. The molecular formula is C17H24N2O3. The van der Waals surface area contributed by atoms with Gasteiger partial charge in [0.1, 0.15) is 5.75 Å². The zero-order valence-corrected chi connectivity index (χ0v) is 13.2. The van der Waals surface area contributed by atoms with Gasteiger partial charge in [0.25, 0.3) is 0 Å². The molecule has 1 fully saturated rings. The number of nitrogens with two attached hydrogens (primary N) is 1. The molecule has 0 spiro atoms. The van der Waals surface area contributed by atoms with E-state index in [1.165, 1.54) is 0 Å². The molecule has 22 heavy (non-hydrogen) atoms. The summed E-state index contributed by atoms with van der Waals surface area (Å²) in [6.45, 7) is 2.49. The monoisotopic (exact) mass is 304 g/mol. The highest BCUT2D eigenvalue weighted by molar-refractivity contribution is 5.80. The summed E-state index contributed by atoms with van der Waals surface area (Å²) in [5.41, 5.74) is 6.48. The highest BCUT2D eigenvalue weighted by Gasteiger charge is 2.31. The lowest BCUT2D eigenvalue weighted by Gasteiger charge is -2.37. The summed E-state index contributed by atoms with van der Waals surface area (Å²) < 4.78 is 5.12. The topological polar surface area (TPSA) is 72.6 Å². The van der Waals surface area contributed by atoms with Crippen LogP contribution in [0.15, 0.2) is 24.3 Å². The van der Waals surface area contributed by atoms with Gasteiger partial charge in [-0.3, -0.25) is 9.59 Å². The first-order valence-electron chi connectivity index (χ1n) is 7.73. The van der Waals surface area contributed by atoms with Crippen molar-refractivity contribution in [3.63, 3.8) is 0 Å². The minimum absolute atomic E-state index is 0.0919. The van der Waals surface area contributed by atoms with Crippen LogP contribution in [-0.2, 0) is 16.0 Å². The molecule has 5 nitrogen and oxygen atoms in total. The molecule has 1 aliphatic heterocycles. The Morgan fingerprint density at radius 3 is 2.55 bits per heavy atom. The first-order valence-corrected chi connectivity index (χ1v) is 7.73. The zero-order valence-electron chi connectivity index (χ0n) is 13.2. The number of amides is 2. The summed E-state index contributed by atoms with van der Waals surface area (Å²) in [6.07, 6.45) is 2.75. The first-order chi connectivity index (χ1) is 10.5. The fraction of sp³-hybridized carbons (Fsp3) is 0.529. The summed E-state index contributed by atoms with van der Waals surface area (Å²) in [6, 6.07) is 7.91. The second kappa shape index (κ2) is 7.29. The van der Waals surface area contributed by atoms with E-state index in [9.17, 15) is 9.59 Å². The Bertz CT molecular complexity index is 527. The number of hydrogen-bond donors (Lipinski definition) is 1. The minimum atomic E-state index is -0.306. The SMILES string of the molecule is COc1ccc(CCC(=O)N2CC(C(N)=O)CCC2C)cc1. The van der Waals surface area contributed by atoms with Crippen molar-refractivity contribution in [3.8, 4) is 5.75 Å². The first kappa shape index (κ1) is 16.3. The molecular weight excluding hydrogens is 280 g/mol. The van der Waals surface area contributed by atoms with Crippen molar-refractivity contribution in [2.45, 2.75) is 38.6 Å². The Kier molecular flexibility index (Phi) is 5.41. The number of rotatable bonds is 5. The van der Waals surface area contributed by atoms with Gasteiger partial charge < -0.3 is 15.4 Å². The summed E-state index contributed by atoms with van der Waals surface area (Å²) in [5, 5.41) is 0. The maximum atomic E-state index is 12.4. The van der Waals surface area contributed by atoms with Crippen molar-refractivity contribution >= 4 is 11.8 Å². The number of likely N-dealkylation sites (tertiary alicyclic amines) is 1. The van der Waals surface area contributed by atoms with Crippen LogP contribution in [0.25, 0.3) is 0 Å². The van der Waals surface area contributed by atoms with Crippen LogP contribution >= 0.6 is 0 Å². The molecule has 1 aromatic rings. The van der Waals surface area contributed by atoms with Gasteiger partial charge in [-0.05, 0) is 43.9 Å². The second-order valence-electron chi connectivity index (χ2n) is 5.92. The van der Waals surface area contributed by atoms with Crippen molar-refractivity contribution in [1.82, 2.24) is 4.90 Å². The van der Waals surface area contributed by atoms with E-state index in [-0.39, 0.29) is 23.8 Å². The second-order valence-corrected chi connectivity index (χ2v) is 5.92. The van der Waals surface area contributed by atoms with E-state index < -0.39 is 0 Å². The number of nitrogens with zero attached hydrogens (tertiary/aromatic N) is 1. The van der Waals surface area contributed by atoms with Crippen molar-refractivity contribution in [2.24, 2.45) is 11.7 Å². The van der Waals surface area contributed by atoms with Crippen LogP contribution in [0.3, 0.4) is 0 Å². The summed E-state index contributed by atoms with van der Waals surface area (Å²) in [5.74, 6) is 0.388. The van der Waals surface area contributed by atoms with Crippen LogP contribution in [0.4, 0.5) is 0 Å². The number of carbonyl (C=O) groups is 2. The number of primary amides is 1. The zero-order chi connectivity index (χ0) is 16.1. The summed E-state index contributed by atoms with van der Waals surface area (Å²) in [4.78, 5) is 25.6. The highest BCUT2D eigenvalue weighted by atomic mass is 16.5. The summed E-state index contributed by atoms with van der Waals surface area (Å²) >= 11 is 0. The van der Waals surface area contributed by atoms with E-state index in [0.717, 1.165) is 24.2 Å². The van der Waals surface area contributed by atoms with Gasteiger partial charge in [0.05, 0.1) is 13.0 Å². The van der Waals surface area contributed by atoms with Gasteiger partial charge in [-0.25, -0.2) is 0 Å². The molecule has 2 N–H and O–H groups in total. The van der Waals surface area contributed by atoms with Gasteiger partial charge in [0, 0.05) is 19.0 Å². The molecule has 1 heterocycles. The van der Waals surface area contributed by atoms with Crippen LogP contribution in [0.1, 0.15) is 31.7 Å². The van der Waals surface area contributed by atoms with E-state index in [4.69, 9.17) is 10.5 Å². The number of carbonyl (C=O) groups excluding carboxylic acids is 2. The van der Waals surface area contributed by atoms with Crippen LogP contribution < -0.4 is 10.5 Å². The Hall–Kier alpha value is -2.04. The molecule has 0 saturated carbocycles. The number of piperidine rings is 1. The molecule has 1 aromatic carbocycles.